The normalized spacial score (nSPS) is 33.1. The number of nitrogens with one attached hydrogen (secondary N) is 2. The van der Waals surface area contributed by atoms with Gasteiger partial charge in [-0.2, -0.15) is 0 Å². The van der Waals surface area contributed by atoms with E-state index in [-0.39, 0.29) is 5.91 Å². The van der Waals surface area contributed by atoms with E-state index in [0.29, 0.717) is 18.5 Å². The molecule has 104 valence electrons. The van der Waals surface area contributed by atoms with Crippen molar-refractivity contribution in [2.24, 2.45) is 5.92 Å². The van der Waals surface area contributed by atoms with E-state index in [0.717, 1.165) is 18.9 Å². The Balaban J connectivity index is 1.65. The summed E-state index contributed by atoms with van der Waals surface area (Å²) in [5.74, 6) is 1.16. The number of hydrogen-bond acceptors (Lipinski definition) is 2. The molecule has 0 aromatic heterocycles. The van der Waals surface area contributed by atoms with E-state index >= 15 is 0 Å². The Labute approximate surface area is 111 Å². The smallest absolute Gasteiger partial charge is 0.221 e. The molecule has 3 nitrogen and oxygen atoms in total. The Morgan fingerprint density at radius 3 is 2.56 bits per heavy atom. The molecule has 1 unspecified atom stereocenters. The van der Waals surface area contributed by atoms with Crippen LogP contribution in [0.3, 0.4) is 0 Å². The van der Waals surface area contributed by atoms with E-state index < -0.39 is 0 Å². The Kier molecular flexibility index (Phi) is 5.48. The second kappa shape index (κ2) is 7.13. The largest absolute Gasteiger partial charge is 0.353 e. The Morgan fingerprint density at radius 1 is 1.17 bits per heavy atom. The quantitative estimate of drug-likeness (QED) is 0.807. The van der Waals surface area contributed by atoms with Crippen LogP contribution in [0.25, 0.3) is 0 Å². The van der Waals surface area contributed by atoms with Gasteiger partial charge < -0.3 is 10.6 Å². The van der Waals surface area contributed by atoms with Crippen LogP contribution in [-0.4, -0.2) is 24.5 Å². The molecular weight excluding hydrogens is 224 g/mol. The first-order valence-electron chi connectivity index (χ1n) is 7.80. The van der Waals surface area contributed by atoms with Gasteiger partial charge in [-0.3, -0.25) is 4.79 Å². The molecule has 1 saturated carbocycles. The molecule has 0 bridgehead atoms. The molecule has 2 fully saturated rings. The van der Waals surface area contributed by atoms with Crippen molar-refractivity contribution < 1.29 is 4.79 Å². The first-order valence-corrected chi connectivity index (χ1v) is 7.80. The summed E-state index contributed by atoms with van der Waals surface area (Å²) in [7, 11) is 0. The van der Waals surface area contributed by atoms with Crippen LogP contribution in [0.4, 0.5) is 0 Å². The minimum absolute atomic E-state index is 0.259. The molecule has 1 saturated heterocycles. The second-order valence-corrected chi connectivity index (χ2v) is 6.04. The summed E-state index contributed by atoms with van der Waals surface area (Å²) in [6.07, 6.45) is 10.6. The summed E-state index contributed by atoms with van der Waals surface area (Å²) in [5.41, 5.74) is 0. The molecule has 1 amide bonds. The van der Waals surface area contributed by atoms with Gasteiger partial charge in [-0.25, -0.2) is 0 Å². The molecular formula is C15H28N2O. The fourth-order valence-electron chi connectivity index (χ4n) is 3.32. The standard InChI is InChI=1S/C15H28N2O/c1-2-12-6-8-13(9-7-12)17-15(18)11-14-5-3-4-10-16-14/h12-14,16H,2-11H2,1H3,(H,17,18). The van der Waals surface area contributed by atoms with Crippen LogP contribution >= 0.6 is 0 Å². The fourth-order valence-corrected chi connectivity index (χ4v) is 3.32. The zero-order valence-corrected chi connectivity index (χ0v) is 11.7. The van der Waals surface area contributed by atoms with Gasteiger partial charge in [0.15, 0.2) is 0 Å². The predicted molar refractivity (Wildman–Crippen MR) is 74.4 cm³/mol. The summed E-state index contributed by atoms with van der Waals surface area (Å²) in [6.45, 7) is 3.36. The average molecular weight is 252 g/mol. The topological polar surface area (TPSA) is 41.1 Å². The van der Waals surface area contributed by atoms with Gasteiger partial charge in [-0.1, -0.05) is 19.8 Å². The van der Waals surface area contributed by atoms with Crippen LogP contribution < -0.4 is 10.6 Å². The van der Waals surface area contributed by atoms with Gasteiger partial charge in [-0.15, -0.1) is 0 Å². The van der Waals surface area contributed by atoms with Crippen LogP contribution in [0.15, 0.2) is 0 Å². The number of piperidine rings is 1. The lowest BCUT2D eigenvalue weighted by Gasteiger charge is -2.29. The molecule has 2 N–H and O–H groups in total. The van der Waals surface area contributed by atoms with Crippen molar-refractivity contribution in [3.63, 3.8) is 0 Å². The highest BCUT2D eigenvalue weighted by atomic mass is 16.1. The van der Waals surface area contributed by atoms with Gasteiger partial charge in [0.05, 0.1) is 0 Å². The lowest BCUT2D eigenvalue weighted by atomic mass is 9.84. The van der Waals surface area contributed by atoms with E-state index in [9.17, 15) is 4.79 Å². The molecule has 2 rings (SSSR count). The first-order chi connectivity index (χ1) is 8.78. The summed E-state index contributed by atoms with van der Waals surface area (Å²) < 4.78 is 0. The van der Waals surface area contributed by atoms with E-state index in [4.69, 9.17) is 0 Å². The molecule has 0 aromatic carbocycles. The lowest BCUT2D eigenvalue weighted by molar-refractivity contribution is -0.122. The maximum atomic E-state index is 12.0. The fraction of sp³-hybridized carbons (Fsp3) is 0.933. The Hall–Kier alpha value is -0.570. The van der Waals surface area contributed by atoms with Crippen molar-refractivity contribution in [1.29, 1.82) is 0 Å². The Morgan fingerprint density at radius 2 is 1.94 bits per heavy atom. The third-order valence-corrected chi connectivity index (χ3v) is 4.63. The maximum Gasteiger partial charge on any atom is 0.221 e. The van der Waals surface area contributed by atoms with Gasteiger partial charge in [-0.05, 0) is 51.0 Å². The number of carbonyl (C=O) groups is 1. The number of rotatable bonds is 4. The zero-order valence-electron chi connectivity index (χ0n) is 11.7. The van der Waals surface area contributed by atoms with Gasteiger partial charge >= 0.3 is 0 Å². The highest BCUT2D eigenvalue weighted by Crippen LogP contribution is 2.26. The number of hydrogen-bond donors (Lipinski definition) is 2. The molecule has 0 aromatic rings. The van der Waals surface area contributed by atoms with E-state index in [1.807, 2.05) is 0 Å². The van der Waals surface area contributed by atoms with Crippen LogP contribution in [0.2, 0.25) is 0 Å². The predicted octanol–water partition coefficient (Wildman–Crippen LogP) is 2.60. The molecule has 0 radical (unpaired) electrons. The lowest BCUT2D eigenvalue weighted by Crippen LogP contribution is -2.42. The molecule has 1 heterocycles. The first kappa shape index (κ1) is 13.9. The van der Waals surface area contributed by atoms with Crippen molar-refractivity contribution in [2.45, 2.75) is 76.8 Å². The number of carbonyl (C=O) groups excluding carboxylic acids is 1. The summed E-state index contributed by atoms with van der Waals surface area (Å²) in [5, 5.41) is 6.67. The molecule has 1 aliphatic carbocycles. The van der Waals surface area contributed by atoms with Crippen molar-refractivity contribution in [3.8, 4) is 0 Å². The number of amides is 1. The van der Waals surface area contributed by atoms with Crippen LogP contribution in [-0.2, 0) is 4.79 Å². The summed E-state index contributed by atoms with van der Waals surface area (Å²) >= 11 is 0. The van der Waals surface area contributed by atoms with E-state index in [1.54, 1.807) is 0 Å². The van der Waals surface area contributed by atoms with Crippen LogP contribution in [0.5, 0.6) is 0 Å². The molecule has 1 atom stereocenters. The van der Waals surface area contributed by atoms with Crippen LogP contribution in [0, 0.1) is 5.92 Å². The highest BCUT2D eigenvalue weighted by molar-refractivity contribution is 5.76. The van der Waals surface area contributed by atoms with Gasteiger partial charge in [0.25, 0.3) is 0 Å². The molecule has 3 heteroatoms. The third kappa shape index (κ3) is 4.27. The summed E-state index contributed by atoms with van der Waals surface area (Å²) in [4.78, 5) is 12.0. The van der Waals surface area contributed by atoms with Crippen molar-refractivity contribution in [3.05, 3.63) is 0 Å². The van der Waals surface area contributed by atoms with Crippen molar-refractivity contribution >= 4 is 5.91 Å². The van der Waals surface area contributed by atoms with Crippen molar-refractivity contribution in [2.75, 3.05) is 6.54 Å². The summed E-state index contributed by atoms with van der Waals surface area (Å²) in [6, 6.07) is 0.870. The minimum Gasteiger partial charge on any atom is -0.353 e. The van der Waals surface area contributed by atoms with Gasteiger partial charge in [0.2, 0.25) is 5.91 Å². The Bertz CT molecular complexity index is 253. The molecule has 1 aliphatic heterocycles. The van der Waals surface area contributed by atoms with Gasteiger partial charge in [0.1, 0.15) is 0 Å². The SMILES string of the molecule is CCC1CCC(NC(=O)CC2CCCCN2)CC1. The van der Waals surface area contributed by atoms with Crippen molar-refractivity contribution in [1.82, 2.24) is 10.6 Å². The second-order valence-electron chi connectivity index (χ2n) is 6.04. The minimum atomic E-state index is 0.259. The zero-order chi connectivity index (χ0) is 12.8. The van der Waals surface area contributed by atoms with E-state index in [2.05, 4.69) is 17.6 Å². The third-order valence-electron chi connectivity index (χ3n) is 4.63. The maximum absolute atomic E-state index is 12.0. The molecule has 0 spiro atoms. The highest BCUT2D eigenvalue weighted by Gasteiger charge is 2.22. The average Bonchev–Trinajstić information content (AvgIpc) is 2.40. The molecule has 2 aliphatic rings. The van der Waals surface area contributed by atoms with Gasteiger partial charge in [0, 0.05) is 18.5 Å². The molecule has 18 heavy (non-hydrogen) atoms. The van der Waals surface area contributed by atoms with E-state index in [1.165, 1.54) is 44.9 Å². The van der Waals surface area contributed by atoms with Crippen LogP contribution in [0.1, 0.15) is 64.7 Å². The monoisotopic (exact) mass is 252 g/mol.